The van der Waals surface area contributed by atoms with Crippen LogP contribution in [-0.2, 0) is 12.8 Å². The van der Waals surface area contributed by atoms with Crippen LogP contribution in [0.4, 0.5) is 11.4 Å². The van der Waals surface area contributed by atoms with Crippen molar-refractivity contribution in [1.82, 2.24) is 0 Å². The fourth-order valence-corrected chi connectivity index (χ4v) is 9.34. The van der Waals surface area contributed by atoms with E-state index in [2.05, 4.69) is 114 Å². The Morgan fingerprint density at radius 1 is 0.500 bits per heavy atom. The molecule has 0 saturated heterocycles. The Kier molecular flexibility index (Phi) is 11.9. The van der Waals surface area contributed by atoms with Gasteiger partial charge in [0.25, 0.3) is 0 Å². The van der Waals surface area contributed by atoms with Gasteiger partial charge in [-0.25, -0.2) is 9.98 Å². The average molecular weight is 675 g/mol. The van der Waals surface area contributed by atoms with Crippen LogP contribution in [0.3, 0.4) is 0 Å². The maximum atomic E-state index is 5.49. The quantitative estimate of drug-likeness (QED) is 0.118. The molecule has 4 aromatic rings. The zero-order valence-electron chi connectivity index (χ0n) is 30.0. The highest BCUT2D eigenvalue weighted by atomic mass is 32.2. The van der Waals surface area contributed by atoms with Crippen molar-refractivity contribution in [1.29, 1.82) is 0 Å². The van der Waals surface area contributed by atoms with E-state index in [4.69, 9.17) is 9.98 Å². The van der Waals surface area contributed by atoms with Crippen molar-refractivity contribution in [3.8, 4) is 0 Å². The summed E-state index contributed by atoms with van der Waals surface area (Å²) in [5.41, 5.74) is 7.56. The van der Waals surface area contributed by atoms with Crippen LogP contribution in [0.5, 0.6) is 0 Å². The van der Waals surface area contributed by atoms with Crippen LogP contribution in [0.25, 0.3) is 10.8 Å². The van der Waals surface area contributed by atoms with Crippen molar-refractivity contribution >= 4 is 55.8 Å². The minimum Gasteiger partial charge on any atom is -0.240 e. The molecular weight excluding hydrogens is 621 g/mol. The molecule has 4 aromatic carbocycles. The molecule has 2 aliphatic heterocycles. The van der Waals surface area contributed by atoms with Crippen LogP contribution in [0.2, 0.25) is 0 Å². The van der Waals surface area contributed by atoms with Gasteiger partial charge in [-0.2, -0.15) is 0 Å². The summed E-state index contributed by atoms with van der Waals surface area (Å²) in [4.78, 5) is 13.7. The maximum absolute atomic E-state index is 5.49. The van der Waals surface area contributed by atoms with Crippen LogP contribution in [0, 0.1) is 23.7 Å². The normalized spacial score (nSPS) is 15.2. The molecule has 2 atom stereocenters. The lowest BCUT2D eigenvalue weighted by Gasteiger charge is -2.27. The molecule has 0 radical (unpaired) electrons. The lowest BCUT2D eigenvalue weighted by Crippen LogP contribution is -2.08. The number of nitrogens with zero attached hydrogens (tertiary/aromatic N) is 2. The third-order valence-corrected chi connectivity index (χ3v) is 12.2. The molecule has 48 heavy (non-hydrogen) atoms. The Morgan fingerprint density at radius 3 is 1.27 bits per heavy atom. The number of hydrogen-bond donors (Lipinski definition) is 0. The van der Waals surface area contributed by atoms with E-state index in [1.54, 1.807) is 0 Å². The number of benzene rings is 4. The Morgan fingerprint density at radius 2 is 0.896 bits per heavy atom. The summed E-state index contributed by atoms with van der Waals surface area (Å²) in [5, 5.41) is 4.88. The SMILES string of the molecule is CC(C)CCCC(C)CCc1cc2c3c(c(CCC(C)CCCC(C)C)cc4c3c1N=C(c1ccccc1)S4)N=C(c1ccccc1)S2. The summed E-state index contributed by atoms with van der Waals surface area (Å²) in [7, 11) is 0. The van der Waals surface area contributed by atoms with Gasteiger partial charge in [0, 0.05) is 31.7 Å². The Balaban J connectivity index is 1.43. The summed E-state index contributed by atoms with van der Waals surface area (Å²) in [6, 6.07) is 26.6. The second-order valence-electron chi connectivity index (χ2n) is 15.2. The first-order chi connectivity index (χ1) is 23.3. The van der Waals surface area contributed by atoms with Crippen molar-refractivity contribution in [3.05, 3.63) is 95.1 Å². The fourth-order valence-electron chi connectivity index (χ4n) is 7.14. The molecule has 2 unspecified atom stereocenters. The van der Waals surface area contributed by atoms with Gasteiger partial charge in [-0.05, 0) is 72.6 Å². The molecule has 0 amide bonds. The minimum absolute atomic E-state index is 0.701. The van der Waals surface area contributed by atoms with Crippen LogP contribution in [0.1, 0.15) is 115 Å². The van der Waals surface area contributed by atoms with Gasteiger partial charge >= 0.3 is 0 Å². The summed E-state index contributed by atoms with van der Waals surface area (Å²) >= 11 is 3.71. The molecule has 0 bridgehead atoms. The van der Waals surface area contributed by atoms with Gasteiger partial charge in [0.15, 0.2) is 0 Å². The first-order valence-corrected chi connectivity index (χ1v) is 20.2. The second kappa shape index (κ2) is 16.3. The first kappa shape index (κ1) is 35.0. The van der Waals surface area contributed by atoms with Crippen molar-refractivity contribution < 1.29 is 0 Å². The molecule has 0 spiro atoms. The standard InChI is InChI=1S/C44H54N2S2/c1-29(2)15-13-17-31(5)23-25-35-27-37-40-39-38(48-43(45-41(35)39)33-19-9-7-10-20-33)28-36(26-24-32(6)18-14-16-30(3)4)42(40)46-44(47-37)34-21-11-8-12-22-34/h7-12,19-22,27-32H,13-18,23-26H2,1-6H3. The zero-order chi connectivity index (χ0) is 33.6. The number of aryl methyl sites for hydroxylation is 2. The molecule has 4 heteroatoms. The molecule has 2 aliphatic rings. The summed E-state index contributed by atoms with van der Waals surface area (Å²) in [6.45, 7) is 14.2. The number of hydrogen-bond acceptors (Lipinski definition) is 4. The van der Waals surface area contributed by atoms with Gasteiger partial charge in [0.05, 0.1) is 11.4 Å². The topological polar surface area (TPSA) is 24.7 Å². The van der Waals surface area contributed by atoms with Crippen LogP contribution < -0.4 is 0 Å². The van der Waals surface area contributed by atoms with Gasteiger partial charge in [-0.3, -0.25) is 0 Å². The highest BCUT2D eigenvalue weighted by Crippen LogP contribution is 2.54. The summed E-state index contributed by atoms with van der Waals surface area (Å²) < 4.78 is 0. The van der Waals surface area contributed by atoms with E-state index in [0.29, 0.717) is 11.8 Å². The van der Waals surface area contributed by atoms with Gasteiger partial charge in [0.2, 0.25) is 0 Å². The summed E-state index contributed by atoms with van der Waals surface area (Å²) in [6.07, 6.45) is 12.4. The lowest BCUT2D eigenvalue weighted by molar-refractivity contribution is 0.437. The molecule has 252 valence electrons. The van der Waals surface area contributed by atoms with Crippen molar-refractivity contribution in [2.24, 2.45) is 33.7 Å². The zero-order valence-corrected chi connectivity index (χ0v) is 31.7. The lowest BCUT2D eigenvalue weighted by atomic mass is 9.90. The first-order valence-electron chi connectivity index (χ1n) is 18.6. The van der Waals surface area contributed by atoms with E-state index in [-0.39, 0.29) is 0 Å². The van der Waals surface area contributed by atoms with E-state index in [1.807, 2.05) is 23.5 Å². The number of aliphatic imine (C=N–C) groups is 2. The van der Waals surface area contributed by atoms with E-state index < -0.39 is 0 Å². The fraction of sp³-hybridized carbons (Fsp3) is 0.455. The maximum Gasteiger partial charge on any atom is 0.109 e. The van der Waals surface area contributed by atoms with Gasteiger partial charge < -0.3 is 0 Å². The number of thioether (sulfide) groups is 2. The van der Waals surface area contributed by atoms with Crippen molar-refractivity contribution in [2.45, 2.75) is 116 Å². The van der Waals surface area contributed by atoms with Gasteiger partial charge in [-0.15, -0.1) is 0 Å². The molecule has 0 fully saturated rings. The number of rotatable bonds is 16. The molecule has 0 aliphatic carbocycles. The van der Waals surface area contributed by atoms with E-state index in [0.717, 1.165) is 34.8 Å². The van der Waals surface area contributed by atoms with Gasteiger partial charge in [-0.1, -0.05) is 164 Å². The highest BCUT2D eigenvalue weighted by molar-refractivity contribution is 8.15. The average Bonchev–Trinajstić information content (AvgIpc) is 3.08. The van der Waals surface area contributed by atoms with E-state index >= 15 is 0 Å². The van der Waals surface area contributed by atoms with E-state index in [9.17, 15) is 0 Å². The Hall–Kier alpha value is -2.82. The molecule has 0 aromatic heterocycles. The second-order valence-corrected chi connectivity index (χ2v) is 17.3. The molecule has 0 N–H and O–H groups in total. The Bertz CT molecular complexity index is 1620. The third kappa shape index (κ3) is 8.48. The Labute approximate surface area is 298 Å². The monoisotopic (exact) mass is 674 g/mol. The van der Waals surface area contributed by atoms with Crippen molar-refractivity contribution in [2.75, 3.05) is 0 Å². The third-order valence-electron chi connectivity index (χ3n) is 10.1. The highest BCUT2D eigenvalue weighted by Gasteiger charge is 2.29. The smallest absolute Gasteiger partial charge is 0.109 e. The molecule has 2 heterocycles. The molecule has 0 saturated carbocycles. The van der Waals surface area contributed by atoms with Gasteiger partial charge in [0.1, 0.15) is 10.1 Å². The van der Waals surface area contributed by atoms with E-state index in [1.165, 1.54) is 106 Å². The van der Waals surface area contributed by atoms with Crippen LogP contribution in [0.15, 0.2) is 92.6 Å². The predicted molar refractivity (Wildman–Crippen MR) is 213 cm³/mol. The largest absolute Gasteiger partial charge is 0.240 e. The summed E-state index contributed by atoms with van der Waals surface area (Å²) in [5.74, 6) is 2.96. The molecular formula is C44H54N2S2. The van der Waals surface area contributed by atoms with Crippen LogP contribution in [-0.4, -0.2) is 10.1 Å². The minimum atomic E-state index is 0.701. The molecule has 6 rings (SSSR count). The van der Waals surface area contributed by atoms with Crippen LogP contribution >= 0.6 is 23.5 Å². The predicted octanol–water partition coefficient (Wildman–Crippen LogP) is 14.0. The van der Waals surface area contributed by atoms with Crippen molar-refractivity contribution in [3.63, 3.8) is 0 Å². The molecule has 2 nitrogen and oxygen atoms in total.